The molecule has 2 unspecified atom stereocenters. The largest absolute Gasteiger partial charge is 0.508 e. The number of fused-ring (bicyclic) bond motifs is 2. The number of aliphatic hydroxyl groups is 1. The summed E-state index contributed by atoms with van der Waals surface area (Å²) in [5.41, 5.74) is 4.04. The van der Waals surface area contributed by atoms with Crippen LogP contribution in [0.3, 0.4) is 0 Å². The van der Waals surface area contributed by atoms with Crippen molar-refractivity contribution in [3.8, 4) is 11.3 Å². The van der Waals surface area contributed by atoms with E-state index in [1.54, 1.807) is 16.8 Å². The predicted octanol–water partition coefficient (Wildman–Crippen LogP) is 6.33. The monoisotopic (exact) mass is 468 g/mol. The summed E-state index contributed by atoms with van der Waals surface area (Å²) >= 11 is 0. The minimum atomic E-state index is 0.280. The SMILES string of the molecule is CC.CC/C=C(/O)c1cccc(-c2cc(Nc3cccc(N4CC5CC5C4)n3)c3nccn3n2)c1. The molecule has 0 spiro atoms. The molecule has 2 atom stereocenters. The van der Waals surface area contributed by atoms with Crippen LogP contribution in [0.1, 0.15) is 39.2 Å². The molecule has 35 heavy (non-hydrogen) atoms. The number of nitrogens with one attached hydrogen (secondary N) is 1. The van der Waals surface area contributed by atoms with Crippen molar-refractivity contribution in [2.24, 2.45) is 11.8 Å². The first-order chi connectivity index (χ1) is 17.2. The van der Waals surface area contributed by atoms with Crippen LogP contribution < -0.4 is 10.2 Å². The van der Waals surface area contributed by atoms with E-state index in [1.807, 2.05) is 69.4 Å². The van der Waals surface area contributed by atoms with Crippen molar-refractivity contribution in [3.05, 3.63) is 72.6 Å². The molecular weight excluding hydrogens is 436 g/mol. The van der Waals surface area contributed by atoms with Crippen LogP contribution in [0.2, 0.25) is 0 Å². The van der Waals surface area contributed by atoms with Gasteiger partial charge >= 0.3 is 0 Å². The Balaban J connectivity index is 0.00000124. The Bertz CT molecular complexity index is 1350. The third kappa shape index (κ3) is 4.71. The highest BCUT2D eigenvalue weighted by Gasteiger charge is 2.45. The van der Waals surface area contributed by atoms with E-state index in [0.717, 1.165) is 71.1 Å². The molecule has 0 bridgehead atoms. The first-order valence-electron chi connectivity index (χ1n) is 12.5. The Kier molecular flexibility index (Phi) is 6.40. The zero-order chi connectivity index (χ0) is 24.4. The summed E-state index contributed by atoms with van der Waals surface area (Å²) in [6.45, 7) is 8.23. The molecule has 7 heteroatoms. The van der Waals surface area contributed by atoms with E-state index in [-0.39, 0.29) is 5.76 Å². The Morgan fingerprint density at radius 2 is 1.91 bits per heavy atom. The zero-order valence-corrected chi connectivity index (χ0v) is 20.5. The van der Waals surface area contributed by atoms with Crippen molar-refractivity contribution in [2.75, 3.05) is 23.3 Å². The molecule has 1 saturated carbocycles. The number of allylic oxidation sites excluding steroid dienone is 1. The molecule has 2 fully saturated rings. The lowest BCUT2D eigenvalue weighted by Crippen LogP contribution is -2.22. The van der Waals surface area contributed by atoms with Crippen molar-refractivity contribution >= 4 is 28.7 Å². The third-order valence-corrected chi connectivity index (χ3v) is 6.51. The molecule has 6 rings (SSSR count). The molecule has 4 aromatic rings. The van der Waals surface area contributed by atoms with Gasteiger partial charge < -0.3 is 15.3 Å². The van der Waals surface area contributed by atoms with E-state index in [0.29, 0.717) is 0 Å². The number of imidazole rings is 1. The van der Waals surface area contributed by atoms with Gasteiger partial charge in [-0.1, -0.05) is 45.0 Å². The van der Waals surface area contributed by atoms with Crippen molar-refractivity contribution in [1.29, 1.82) is 0 Å². The number of aliphatic hydroxyl groups excluding tert-OH is 1. The molecule has 1 aliphatic heterocycles. The quantitative estimate of drug-likeness (QED) is 0.322. The number of anilines is 3. The standard InChI is InChI=1S/C26H26N6O.C2H6/c1-2-5-23(33)18-7-3-6-17(12-18)21-14-22(26-27-10-11-32(26)30-21)28-24-8-4-9-25(29-24)31-15-19-13-20(19)16-31;1-2/h3-12,14,19-20,33H,2,13,15-16H2,1H3,(H,28,29);1-2H3/b23-5+;. The van der Waals surface area contributed by atoms with E-state index < -0.39 is 0 Å². The number of pyridine rings is 1. The summed E-state index contributed by atoms with van der Waals surface area (Å²) in [6, 6.07) is 15.9. The average Bonchev–Trinajstić information content (AvgIpc) is 3.27. The summed E-state index contributed by atoms with van der Waals surface area (Å²) < 4.78 is 1.77. The minimum absolute atomic E-state index is 0.280. The van der Waals surface area contributed by atoms with Crippen molar-refractivity contribution < 1.29 is 5.11 Å². The van der Waals surface area contributed by atoms with Crippen LogP contribution in [0.25, 0.3) is 22.7 Å². The van der Waals surface area contributed by atoms with E-state index in [1.165, 1.54) is 6.42 Å². The van der Waals surface area contributed by atoms with Gasteiger partial charge in [-0.15, -0.1) is 0 Å². The lowest BCUT2D eigenvalue weighted by molar-refractivity contribution is 0.509. The van der Waals surface area contributed by atoms with Gasteiger partial charge in [-0.25, -0.2) is 14.5 Å². The highest BCUT2D eigenvalue weighted by Crippen LogP contribution is 2.46. The maximum absolute atomic E-state index is 10.3. The number of piperidine rings is 1. The van der Waals surface area contributed by atoms with Crippen molar-refractivity contribution in [3.63, 3.8) is 0 Å². The van der Waals surface area contributed by atoms with Crippen LogP contribution in [-0.2, 0) is 0 Å². The summed E-state index contributed by atoms with van der Waals surface area (Å²) in [5, 5.41) is 18.5. The van der Waals surface area contributed by atoms with E-state index in [9.17, 15) is 5.11 Å². The highest BCUT2D eigenvalue weighted by molar-refractivity contribution is 5.78. The second kappa shape index (κ2) is 9.78. The summed E-state index contributed by atoms with van der Waals surface area (Å²) in [6.07, 6.45) is 7.53. The number of nitrogens with zero attached hydrogens (tertiary/aromatic N) is 5. The Morgan fingerprint density at radius 3 is 2.71 bits per heavy atom. The molecule has 1 saturated heterocycles. The van der Waals surface area contributed by atoms with Crippen LogP contribution in [0, 0.1) is 11.8 Å². The maximum Gasteiger partial charge on any atom is 0.177 e. The minimum Gasteiger partial charge on any atom is -0.508 e. The number of rotatable bonds is 6. The summed E-state index contributed by atoms with van der Waals surface area (Å²) in [7, 11) is 0. The van der Waals surface area contributed by atoms with Gasteiger partial charge in [0.15, 0.2) is 5.65 Å². The van der Waals surface area contributed by atoms with Crippen molar-refractivity contribution in [2.45, 2.75) is 33.6 Å². The fourth-order valence-corrected chi connectivity index (χ4v) is 4.69. The third-order valence-electron chi connectivity index (χ3n) is 6.51. The average molecular weight is 469 g/mol. The second-order valence-electron chi connectivity index (χ2n) is 8.88. The first kappa shape index (κ1) is 22.9. The Hall–Kier alpha value is -3.87. The Labute approximate surface area is 206 Å². The first-order valence-corrected chi connectivity index (χ1v) is 12.5. The topological polar surface area (TPSA) is 78.6 Å². The van der Waals surface area contributed by atoms with Crippen LogP contribution >= 0.6 is 0 Å². The van der Waals surface area contributed by atoms with Gasteiger partial charge in [-0.2, -0.15) is 5.10 Å². The second-order valence-corrected chi connectivity index (χ2v) is 8.88. The van der Waals surface area contributed by atoms with Gasteiger partial charge in [-0.3, -0.25) is 0 Å². The maximum atomic E-state index is 10.3. The molecular formula is C28H32N6O. The van der Waals surface area contributed by atoms with Crippen LogP contribution in [0.15, 0.2) is 67.0 Å². The molecule has 7 nitrogen and oxygen atoms in total. The molecule has 1 aliphatic carbocycles. The smallest absolute Gasteiger partial charge is 0.177 e. The molecule has 180 valence electrons. The zero-order valence-electron chi connectivity index (χ0n) is 20.5. The molecule has 1 aromatic carbocycles. The molecule has 2 N–H and O–H groups in total. The van der Waals surface area contributed by atoms with Crippen molar-refractivity contribution in [1.82, 2.24) is 19.6 Å². The molecule has 0 amide bonds. The fraction of sp³-hybridized carbons (Fsp3) is 0.321. The van der Waals surface area contributed by atoms with Gasteiger partial charge in [0.1, 0.15) is 17.4 Å². The van der Waals surface area contributed by atoms with Gasteiger partial charge in [0.2, 0.25) is 0 Å². The number of aromatic nitrogens is 4. The number of hydrogen-bond acceptors (Lipinski definition) is 6. The van der Waals surface area contributed by atoms with Crippen LogP contribution in [0.5, 0.6) is 0 Å². The van der Waals surface area contributed by atoms with Gasteiger partial charge in [0.25, 0.3) is 0 Å². The van der Waals surface area contributed by atoms with E-state index >= 15 is 0 Å². The highest BCUT2D eigenvalue weighted by atomic mass is 16.3. The molecule has 3 aromatic heterocycles. The van der Waals surface area contributed by atoms with Crippen LogP contribution in [-0.4, -0.2) is 37.8 Å². The lowest BCUT2D eigenvalue weighted by Gasteiger charge is -2.19. The summed E-state index contributed by atoms with van der Waals surface area (Å²) in [5.74, 6) is 3.80. The Morgan fingerprint density at radius 1 is 1.11 bits per heavy atom. The number of hydrogen-bond donors (Lipinski definition) is 2. The normalized spacial score (nSPS) is 18.7. The van der Waals surface area contributed by atoms with Gasteiger partial charge in [-0.05, 0) is 55.0 Å². The van der Waals surface area contributed by atoms with E-state index in [4.69, 9.17) is 10.1 Å². The molecule has 2 aliphatic rings. The van der Waals surface area contributed by atoms with Gasteiger partial charge in [0, 0.05) is 36.6 Å². The predicted molar refractivity (Wildman–Crippen MR) is 142 cm³/mol. The lowest BCUT2D eigenvalue weighted by atomic mass is 10.1. The number of benzene rings is 1. The fourth-order valence-electron chi connectivity index (χ4n) is 4.69. The molecule has 4 heterocycles. The van der Waals surface area contributed by atoms with Gasteiger partial charge in [0.05, 0.1) is 11.4 Å². The van der Waals surface area contributed by atoms with E-state index in [2.05, 4.69) is 21.3 Å². The van der Waals surface area contributed by atoms with Crippen LogP contribution in [0.4, 0.5) is 17.3 Å². The molecule has 0 radical (unpaired) electrons. The summed E-state index contributed by atoms with van der Waals surface area (Å²) in [4.78, 5) is 11.7.